The maximum absolute atomic E-state index is 14.9. The number of imidazole rings is 1. The van der Waals surface area contributed by atoms with Gasteiger partial charge in [-0.1, -0.05) is 6.92 Å². The first kappa shape index (κ1) is 35.7. The number of ether oxygens (including phenoxy) is 1. The van der Waals surface area contributed by atoms with Crippen LogP contribution in [0.3, 0.4) is 0 Å². The summed E-state index contributed by atoms with van der Waals surface area (Å²) in [5.41, 5.74) is 3.01. The van der Waals surface area contributed by atoms with Crippen LogP contribution in [-0.2, 0) is 11.2 Å². The van der Waals surface area contributed by atoms with Gasteiger partial charge in [-0.3, -0.25) is 14.0 Å². The van der Waals surface area contributed by atoms with E-state index in [1.807, 2.05) is 19.1 Å². The summed E-state index contributed by atoms with van der Waals surface area (Å²) in [7, 11) is 3.52. The zero-order valence-electron chi connectivity index (χ0n) is 28.4. The van der Waals surface area contributed by atoms with Gasteiger partial charge in [0, 0.05) is 61.2 Å². The van der Waals surface area contributed by atoms with Crippen molar-refractivity contribution < 1.29 is 32.7 Å². The number of fused-ring (bicyclic) bond motifs is 1. The number of methoxy groups -OCH3 is 1. The van der Waals surface area contributed by atoms with Crippen LogP contribution in [-0.4, -0.2) is 89.3 Å². The van der Waals surface area contributed by atoms with Crippen molar-refractivity contribution in [2.45, 2.75) is 45.4 Å². The third kappa shape index (κ3) is 8.70. The van der Waals surface area contributed by atoms with Crippen LogP contribution in [0.1, 0.15) is 54.9 Å². The molecule has 49 heavy (non-hydrogen) atoms. The van der Waals surface area contributed by atoms with E-state index in [-0.39, 0.29) is 23.6 Å². The van der Waals surface area contributed by atoms with Crippen molar-refractivity contribution in [3.05, 3.63) is 71.7 Å². The molecule has 1 amide bonds. The molecule has 5 rings (SSSR count). The Morgan fingerprint density at radius 3 is 2.59 bits per heavy atom. The second-order valence-corrected chi connectivity index (χ2v) is 13.0. The number of halogens is 2. The number of quaternary nitrogens is 1. The summed E-state index contributed by atoms with van der Waals surface area (Å²) >= 11 is 0. The lowest BCUT2D eigenvalue weighted by molar-refractivity contribution is -0.913. The van der Waals surface area contributed by atoms with Crippen molar-refractivity contribution in [1.82, 2.24) is 25.0 Å². The highest BCUT2D eigenvalue weighted by Gasteiger charge is 2.29. The van der Waals surface area contributed by atoms with Crippen molar-refractivity contribution in [3.63, 3.8) is 0 Å². The van der Waals surface area contributed by atoms with E-state index in [0.29, 0.717) is 53.7 Å². The van der Waals surface area contributed by atoms with Crippen LogP contribution >= 0.6 is 0 Å². The standard InChI is InChI=1S/C36H45F2N7O4/c1-4-25-19-26(43-34-35-42-22-29(44(35)16-15-40-34)28-12-13-30(49-3)33(38)32(28)37)10-11-27(25)36(48)41-14-6-5-7-17-45(2,18-8-9-31(46)47)23-24-20-39-21-24/h10-13,15-16,19,22,24,39H,4-9,14,17-18,20-21,23H2,1-3H3,(H2-,40,41,43,46,47,48)/p+1. The van der Waals surface area contributed by atoms with E-state index in [1.165, 1.54) is 25.4 Å². The normalized spacial score (nSPS) is 14.3. The smallest absolute Gasteiger partial charge is 0.303 e. The van der Waals surface area contributed by atoms with E-state index in [1.54, 1.807) is 22.9 Å². The molecule has 1 saturated heterocycles. The van der Waals surface area contributed by atoms with E-state index in [4.69, 9.17) is 9.84 Å². The van der Waals surface area contributed by atoms with Gasteiger partial charge in [-0.2, -0.15) is 4.39 Å². The Morgan fingerprint density at radius 2 is 1.88 bits per heavy atom. The first-order valence-electron chi connectivity index (χ1n) is 16.9. The molecule has 1 aliphatic heterocycles. The number of hydrogen-bond acceptors (Lipinski definition) is 7. The van der Waals surface area contributed by atoms with Crippen molar-refractivity contribution in [2.24, 2.45) is 5.92 Å². The number of aliphatic carboxylic acids is 1. The Bertz CT molecular complexity index is 1780. The Morgan fingerprint density at radius 1 is 1.08 bits per heavy atom. The number of carboxylic acids is 1. The lowest BCUT2D eigenvalue weighted by atomic mass is 10.0. The number of carbonyl (C=O) groups excluding carboxylic acids is 1. The van der Waals surface area contributed by atoms with Gasteiger partial charge < -0.3 is 30.3 Å². The number of carboxylic acid groups (broad SMARTS) is 1. The molecule has 0 radical (unpaired) electrons. The minimum Gasteiger partial charge on any atom is -0.494 e. The van der Waals surface area contributed by atoms with Crippen LogP contribution in [0.25, 0.3) is 16.9 Å². The molecule has 4 aromatic rings. The summed E-state index contributed by atoms with van der Waals surface area (Å²) < 4.78 is 36.7. The molecule has 0 saturated carbocycles. The second kappa shape index (κ2) is 16.2. The quantitative estimate of drug-likeness (QED) is 0.0812. The number of unbranched alkanes of at least 4 members (excludes halogenated alkanes) is 2. The predicted molar refractivity (Wildman–Crippen MR) is 184 cm³/mol. The number of aryl methyl sites for hydroxylation is 1. The fraction of sp³-hybridized carbons (Fsp3) is 0.444. The summed E-state index contributed by atoms with van der Waals surface area (Å²) in [6, 6.07) is 8.32. The summed E-state index contributed by atoms with van der Waals surface area (Å²) in [6.07, 6.45) is 9.02. The molecule has 0 bridgehead atoms. The molecule has 0 aliphatic carbocycles. The van der Waals surface area contributed by atoms with Crippen molar-refractivity contribution >= 4 is 29.0 Å². The minimum absolute atomic E-state index is 0.0407. The molecule has 2 aromatic heterocycles. The molecular weight excluding hydrogens is 632 g/mol. The predicted octanol–water partition coefficient (Wildman–Crippen LogP) is 5.42. The van der Waals surface area contributed by atoms with Gasteiger partial charge in [-0.15, -0.1) is 0 Å². The summed E-state index contributed by atoms with van der Waals surface area (Å²) in [5, 5.41) is 18.7. The SMILES string of the molecule is CCc1cc(Nc2nccn3c(-c4ccc(OC)c(F)c4F)cnc23)ccc1C(=O)NCCCCC[N+](C)(CCCC(=O)O)CC1CNC1. The molecule has 262 valence electrons. The molecule has 13 heteroatoms. The van der Waals surface area contributed by atoms with Crippen LogP contribution in [0.15, 0.2) is 48.9 Å². The van der Waals surface area contributed by atoms with E-state index in [9.17, 15) is 18.4 Å². The minimum atomic E-state index is -1.07. The van der Waals surface area contributed by atoms with Crippen molar-refractivity contribution in [3.8, 4) is 17.0 Å². The zero-order chi connectivity index (χ0) is 35.0. The first-order valence-corrected chi connectivity index (χ1v) is 16.9. The lowest BCUT2D eigenvalue weighted by Crippen LogP contribution is -2.56. The molecule has 11 nitrogen and oxygen atoms in total. The maximum atomic E-state index is 14.9. The topological polar surface area (TPSA) is 130 Å². The zero-order valence-corrected chi connectivity index (χ0v) is 28.4. The van der Waals surface area contributed by atoms with Gasteiger partial charge in [0.1, 0.15) is 0 Å². The van der Waals surface area contributed by atoms with E-state index in [0.717, 1.165) is 62.0 Å². The molecular formula is C36H46F2N7O4+. The third-order valence-electron chi connectivity index (χ3n) is 9.28. The van der Waals surface area contributed by atoms with Crippen molar-refractivity contribution in [1.29, 1.82) is 0 Å². The monoisotopic (exact) mass is 678 g/mol. The number of amides is 1. The maximum Gasteiger partial charge on any atom is 0.303 e. The number of aromatic nitrogens is 3. The lowest BCUT2D eigenvalue weighted by Gasteiger charge is -2.40. The van der Waals surface area contributed by atoms with Gasteiger partial charge in [0.15, 0.2) is 23.0 Å². The number of benzene rings is 2. The average Bonchev–Trinajstić information content (AvgIpc) is 3.50. The molecule has 2 aromatic carbocycles. The van der Waals surface area contributed by atoms with Crippen LogP contribution < -0.4 is 20.7 Å². The summed E-state index contributed by atoms with van der Waals surface area (Å²) in [5.74, 6) is -2.08. The summed E-state index contributed by atoms with van der Waals surface area (Å²) in [4.78, 5) is 33.0. The molecule has 0 spiro atoms. The Balaban J connectivity index is 1.16. The largest absolute Gasteiger partial charge is 0.494 e. The second-order valence-electron chi connectivity index (χ2n) is 13.0. The first-order chi connectivity index (χ1) is 23.6. The van der Waals surface area contributed by atoms with Gasteiger partial charge in [-0.05, 0) is 61.6 Å². The van der Waals surface area contributed by atoms with Crippen molar-refractivity contribution in [2.75, 3.05) is 58.7 Å². The highest BCUT2D eigenvalue weighted by molar-refractivity contribution is 5.96. The van der Waals surface area contributed by atoms with Gasteiger partial charge in [0.25, 0.3) is 5.91 Å². The molecule has 1 aliphatic rings. The number of rotatable bonds is 18. The number of anilines is 2. The molecule has 1 fully saturated rings. The van der Waals surface area contributed by atoms with E-state index >= 15 is 0 Å². The van der Waals surface area contributed by atoms with Gasteiger partial charge in [0.05, 0.1) is 52.1 Å². The Hall–Kier alpha value is -4.62. The Labute approximate surface area is 285 Å². The van der Waals surface area contributed by atoms with Crippen LogP contribution in [0.4, 0.5) is 20.3 Å². The Kier molecular flexibility index (Phi) is 11.8. The van der Waals surface area contributed by atoms with Crippen LogP contribution in [0, 0.1) is 17.6 Å². The highest BCUT2D eigenvalue weighted by atomic mass is 19.2. The molecule has 3 heterocycles. The molecule has 1 unspecified atom stereocenters. The number of hydrogen-bond donors (Lipinski definition) is 4. The number of carbonyl (C=O) groups is 2. The number of nitrogens with one attached hydrogen (secondary N) is 3. The van der Waals surface area contributed by atoms with E-state index < -0.39 is 17.6 Å². The fourth-order valence-corrected chi connectivity index (χ4v) is 6.52. The third-order valence-corrected chi connectivity index (χ3v) is 9.28. The highest BCUT2D eigenvalue weighted by Crippen LogP contribution is 2.32. The summed E-state index contributed by atoms with van der Waals surface area (Å²) in [6.45, 7) is 7.55. The van der Waals surface area contributed by atoms with E-state index in [2.05, 4.69) is 33.0 Å². The van der Waals surface area contributed by atoms with Crippen LogP contribution in [0.5, 0.6) is 5.75 Å². The fourth-order valence-electron chi connectivity index (χ4n) is 6.52. The number of nitrogens with zero attached hydrogens (tertiary/aromatic N) is 4. The van der Waals surface area contributed by atoms with Gasteiger partial charge in [-0.25, -0.2) is 14.4 Å². The van der Waals surface area contributed by atoms with Gasteiger partial charge in [0.2, 0.25) is 5.82 Å². The van der Waals surface area contributed by atoms with Gasteiger partial charge >= 0.3 is 5.97 Å². The van der Waals surface area contributed by atoms with Crippen LogP contribution in [0.2, 0.25) is 0 Å². The average molecular weight is 679 g/mol. The molecule has 4 N–H and O–H groups in total. The molecule has 1 atom stereocenters.